The molecule has 2 atom stereocenters. The van der Waals surface area contributed by atoms with Gasteiger partial charge in [-0.25, -0.2) is 0 Å². The van der Waals surface area contributed by atoms with Crippen LogP contribution in [0.2, 0.25) is 0 Å². The fourth-order valence-electron chi connectivity index (χ4n) is 3.87. The van der Waals surface area contributed by atoms with Crippen LogP contribution in [0.3, 0.4) is 0 Å². The predicted molar refractivity (Wildman–Crippen MR) is 92.5 cm³/mol. The lowest BCUT2D eigenvalue weighted by atomic mass is 10.1. The van der Waals surface area contributed by atoms with Gasteiger partial charge in [0.05, 0.1) is 20.8 Å². The van der Waals surface area contributed by atoms with Crippen LogP contribution in [0.4, 0.5) is 0 Å². The van der Waals surface area contributed by atoms with Crippen LogP contribution in [-0.4, -0.2) is 67.6 Å². The summed E-state index contributed by atoms with van der Waals surface area (Å²) in [5.41, 5.74) is 1.000. The molecular weight excluding hydrogens is 322 g/mol. The van der Waals surface area contributed by atoms with Gasteiger partial charge in [0.25, 0.3) is 0 Å². The van der Waals surface area contributed by atoms with Crippen molar-refractivity contribution in [1.29, 1.82) is 0 Å². The van der Waals surface area contributed by atoms with E-state index in [1.54, 1.807) is 14.2 Å². The van der Waals surface area contributed by atoms with Gasteiger partial charge in [-0.15, -0.1) is 0 Å². The van der Waals surface area contributed by atoms with E-state index in [-0.39, 0.29) is 23.9 Å². The number of amides is 2. The molecule has 2 saturated heterocycles. The van der Waals surface area contributed by atoms with Crippen molar-refractivity contribution in [2.24, 2.45) is 0 Å². The Balaban J connectivity index is 1.70. The molecule has 2 amide bonds. The zero-order valence-electron chi connectivity index (χ0n) is 14.9. The molecule has 1 N–H and O–H groups in total. The lowest BCUT2D eigenvalue weighted by Gasteiger charge is -2.37. The summed E-state index contributed by atoms with van der Waals surface area (Å²) in [5, 5.41) is 2.93. The van der Waals surface area contributed by atoms with Crippen LogP contribution in [0, 0.1) is 0 Å². The van der Waals surface area contributed by atoms with Crippen LogP contribution in [-0.2, 0) is 16.1 Å². The Morgan fingerprint density at radius 3 is 2.76 bits per heavy atom. The fourth-order valence-corrected chi connectivity index (χ4v) is 3.87. The van der Waals surface area contributed by atoms with Crippen molar-refractivity contribution in [3.8, 4) is 11.5 Å². The van der Waals surface area contributed by atoms with Crippen LogP contribution in [0.15, 0.2) is 18.2 Å². The molecule has 2 aliphatic heterocycles. The van der Waals surface area contributed by atoms with E-state index in [1.807, 2.05) is 23.1 Å². The third-order valence-corrected chi connectivity index (χ3v) is 4.85. The summed E-state index contributed by atoms with van der Waals surface area (Å²) in [4.78, 5) is 27.8. The van der Waals surface area contributed by atoms with Crippen LogP contribution < -0.4 is 14.8 Å². The second-order valence-electron chi connectivity index (χ2n) is 6.66. The van der Waals surface area contributed by atoms with E-state index in [4.69, 9.17) is 9.47 Å². The number of carbonyl (C=O) groups is 2. The molecule has 2 aliphatic rings. The molecule has 7 heteroatoms. The van der Waals surface area contributed by atoms with Crippen LogP contribution in [0.1, 0.15) is 18.9 Å². The van der Waals surface area contributed by atoms with Crippen LogP contribution in [0.5, 0.6) is 11.5 Å². The van der Waals surface area contributed by atoms with E-state index in [0.717, 1.165) is 18.5 Å². The summed E-state index contributed by atoms with van der Waals surface area (Å²) in [6.45, 7) is 3.92. The smallest absolute Gasteiger partial charge is 0.237 e. The lowest BCUT2D eigenvalue weighted by molar-refractivity contribution is -0.138. The summed E-state index contributed by atoms with van der Waals surface area (Å²) in [6, 6.07) is 5.98. The summed E-state index contributed by atoms with van der Waals surface area (Å²) >= 11 is 0. The molecule has 25 heavy (non-hydrogen) atoms. The van der Waals surface area contributed by atoms with E-state index in [1.165, 1.54) is 6.92 Å². The molecule has 136 valence electrons. The Kier molecular flexibility index (Phi) is 5.13. The number of para-hydroxylation sites is 1. The molecule has 0 spiro atoms. The van der Waals surface area contributed by atoms with Crippen molar-refractivity contribution in [2.45, 2.75) is 32.0 Å². The van der Waals surface area contributed by atoms with Crippen molar-refractivity contribution in [2.75, 3.05) is 33.9 Å². The number of hydrogen-bond donors (Lipinski definition) is 1. The number of nitrogens with zero attached hydrogens (tertiary/aromatic N) is 2. The number of methoxy groups -OCH3 is 2. The first kappa shape index (κ1) is 17.5. The topological polar surface area (TPSA) is 71.1 Å². The van der Waals surface area contributed by atoms with Crippen molar-refractivity contribution in [1.82, 2.24) is 15.1 Å². The second-order valence-corrected chi connectivity index (χ2v) is 6.66. The summed E-state index contributed by atoms with van der Waals surface area (Å²) in [7, 11) is 3.24. The van der Waals surface area contributed by atoms with Gasteiger partial charge in [-0.2, -0.15) is 0 Å². The van der Waals surface area contributed by atoms with Crippen LogP contribution in [0.25, 0.3) is 0 Å². The molecule has 2 fully saturated rings. The van der Waals surface area contributed by atoms with Crippen molar-refractivity contribution in [3.63, 3.8) is 0 Å². The van der Waals surface area contributed by atoms with Crippen LogP contribution >= 0.6 is 0 Å². The van der Waals surface area contributed by atoms with Gasteiger partial charge in [-0.3, -0.25) is 14.5 Å². The van der Waals surface area contributed by atoms with E-state index in [0.29, 0.717) is 31.1 Å². The average Bonchev–Trinajstić information content (AvgIpc) is 2.96. The number of nitrogens with one attached hydrogen (secondary N) is 1. The molecule has 1 aromatic carbocycles. The Labute approximate surface area is 147 Å². The fraction of sp³-hybridized carbons (Fsp3) is 0.556. The SMILES string of the molecule is COc1cccc(CN2CC(=O)N3CC(NC(C)=O)CC3C2)c1OC. The number of hydrogen-bond acceptors (Lipinski definition) is 5. The van der Waals surface area contributed by atoms with Crippen molar-refractivity contribution in [3.05, 3.63) is 23.8 Å². The van der Waals surface area contributed by atoms with Gasteiger partial charge in [0.15, 0.2) is 11.5 Å². The van der Waals surface area contributed by atoms with Crippen molar-refractivity contribution >= 4 is 11.8 Å². The first-order valence-corrected chi connectivity index (χ1v) is 8.50. The number of ether oxygens (including phenoxy) is 2. The van der Waals surface area contributed by atoms with Gasteiger partial charge in [0.2, 0.25) is 11.8 Å². The van der Waals surface area contributed by atoms with E-state index < -0.39 is 0 Å². The van der Waals surface area contributed by atoms with Gasteiger partial charge in [-0.05, 0) is 12.5 Å². The average molecular weight is 347 g/mol. The molecule has 3 rings (SSSR count). The number of carbonyl (C=O) groups excluding carboxylic acids is 2. The standard InChI is InChI=1S/C18H25N3O4/c1-12(22)19-14-7-15-10-20(11-17(23)21(15)9-14)8-13-5-4-6-16(24-2)18(13)25-3/h4-6,14-15H,7-11H2,1-3H3,(H,19,22). The van der Waals surface area contributed by atoms with Gasteiger partial charge in [0.1, 0.15) is 0 Å². The summed E-state index contributed by atoms with van der Waals surface area (Å²) in [6.07, 6.45) is 0.803. The van der Waals surface area contributed by atoms with E-state index in [2.05, 4.69) is 10.2 Å². The van der Waals surface area contributed by atoms with Gasteiger partial charge in [0, 0.05) is 44.2 Å². The Bertz CT molecular complexity index is 664. The predicted octanol–water partition coefficient (Wildman–Crippen LogP) is 0.625. The Morgan fingerprint density at radius 2 is 2.08 bits per heavy atom. The maximum Gasteiger partial charge on any atom is 0.237 e. The maximum absolute atomic E-state index is 12.5. The molecule has 2 heterocycles. The van der Waals surface area contributed by atoms with Gasteiger partial charge in [-0.1, -0.05) is 12.1 Å². The monoisotopic (exact) mass is 347 g/mol. The third kappa shape index (κ3) is 3.71. The highest BCUT2D eigenvalue weighted by molar-refractivity contribution is 5.80. The van der Waals surface area contributed by atoms with E-state index in [9.17, 15) is 9.59 Å². The Hall–Kier alpha value is -2.28. The number of fused-ring (bicyclic) bond motifs is 1. The lowest BCUT2D eigenvalue weighted by Crippen LogP contribution is -2.53. The summed E-state index contributed by atoms with van der Waals surface area (Å²) in [5.74, 6) is 1.47. The number of rotatable bonds is 5. The molecule has 0 saturated carbocycles. The minimum atomic E-state index is -0.0460. The molecule has 1 aromatic rings. The molecular formula is C18H25N3O4. The highest BCUT2D eigenvalue weighted by Gasteiger charge is 2.40. The quantitative estimate of drug-likeness (QED) is 0.846. The van der Waals surface area contributed by atoms with E-state index >= 15 is 0 Å². The highest BCUT2D eigenvalue weighted by Crippen LogP contribution is 2.32. The minimum absolute atomic E-state index is 0.0460. The molecule has 0 aromatic heterocycles. The third-order valence-electron chi connectivity index (χ3n) is 4.85. The normalized spacial score (nSPS) is 23.3. The zero-order valence-corrected chi connectivity index (χ0v) is 14.9. The van der Waals surface area contributed by atoms with Gasteiger partial charge >= 0.3 is 0 Å². The first-order chi connectivity index (χ1) is 12.0. The Morgan fingerprint density at radius 1 is 1.28 bits per heavy atom. The molecule has 7 nitrogen and oxygen atoms in total. The first-order valence-electron chi connectivity index (χ1n) is 8.50. The molecule has 0 bridgehead atoms. The minimum Gasteiger partial charge on any atom is -0.493 e. The zero-order chi connectivity index (χ0) is 18.0. The highest BCUT2D eigenvalue weighted by atomic mass is 16.5. The molecule has 2 unspecified atom stereocenters. The molecule has 0 aliphatic carbocycles. The van der Waals surface area contributed by atoms with Crippen molar-refractivity contribution < 1.29 is 19.1 Å². The number of benzene rings is 1. The summed E-state index contributed by atoms with van der Waals surface area (Å²) < 4.78 is 10.8. The van der Waals surface area contributed by atoms with Gasteiger partial charge < -0.3 is 19.7 Å². The second kappa shape index (κ2) is 7.31. The maximum atomic E-state index is 12.5. The largest absolute Gasteiger partial charge is 0.493 e. The number of piperazine rings is 1. The molecule has 0 radical (unpaired) electrons.